The first-order valence-corrected chi connectivity index (χ1v) is 8.67. The minimum Gasteiger partial charge on any atom is -0.493 e. The normalized spacial score (nSPS) is 11.5. The summed E-state index contributed by atoms with van der Waals surface area (Å²) in [4.78, 5) is 23.5. The lowest BCUT2D eigenvalue weighted by Crippen LogP contribution is -2.44. The van der Waals surface area contributed by atoms with Crippen LogP contribution in [0.2, 0.25) is 0 Å². The Morgan fingerprint density at radius 1 is 1.23 bits per heavy atom. The average Bonchev–Trinajstić information content (AvgIpc) is 2.58. The van der Waals surface area contributed by atoms with Gasteiger partial charge in [-0.2, -0.15) is 0 Å². The van der Waals surface area contributed by atoms with E-state index in [2.05, 4.69) is 5.32 Å². The number of methoxy groups -OCH3 is 1. The predicted octanol–water partition coefficient (Wildman–Crippen LogP) is 3.34. The number of benzene rings is 1. The molecule has 0 radical (unpaired) electrons. The van der Waals surface area contributed by atoms with E-state index in [0.29, 0.717) is 11.5 Å². The fourth-order valence-electron chi connectivity index (χ4n) is 1.99. The molecule has 0 atom stereocenters. The van der Waals surface area contributed by atoms with E-state index in [1.54, 1.807) is 31.4 Å². The quantitative estimate of drug-likeness (QED) is 0.538. The molecule has 0 unspecified atom stereocenters. The standard InChI is InChI=1S/C20H29NO5/c1-7-20(4,5)21-18(22)13-25-19(23)11-9-15-8-10-16(26-14(2)3)17(12-15)24-6/h8-12,14H,7,13H2,1-6H3,(H,21,22)/b11-9+. The Kier molecular flexibility index (Phi) is 8.16. The summed E-state index contributed by atoms with van der Waals surface area (Å²) in [6.45, 7) is 9.35. The summed E-state index contributed by atoms with van der Waals surface area (Å²) in [5, 5.41) is 2.80. The van der Waals surface area contributed by atoms with Crippen LogP contribution in [0.4, 0.5) is 0 Å². The van der Waals surface area contributed by atoms with Crippen molar-refractivity contribution in [3.63, 3.8) is 0 Å². The van der Waals surface area contributed by atoms with Crippen LogP contribution in [0.15, 0.2) is 24.3 Å². The lowest BCUT2D eigenvalue weighted by molar-refractivity contribution is -0.144. The molecule has 0 fully saturated rings. The van der Waals surface area contributed by atoms with Crippen molar-refractivity contribution in [3.05, 3.63) is 29.8 Å². The van der Waals surface area contributed by atoms with Gasteiger partial charge in [-0.1, -0.05) is 13.0 Å². The minimum absolute atomic E-state index is 0.0316. The molecule has 0 aliphatic carbocycles. The first kappa shape index (κ1) is 21.5. The summed E-state index contributed by atoms with van der Waals surface area (Å²) in [6, 6.07) is 5.35. The van der Waals surface area contributed by atoms with Crippen molar-refractivity contribution in [1.29, 1.82) is 0 Å². The lowest BCUT2D eigenvalue weighted by atomic mass is 10.0. The second kappa shape index (κ2) is 9.85. The minimum atomic E-state index is -0.587. The van der Waals surface area contributed by atoms with Gasteiger partial charge in [-0.3, -0.25) is 4.79 Å². The van der Waals surface area contributed by atoms with E-state index in [1.807, 2.05) is 34.6 Å². The van der Waals surface area contributed by atoms with Gasteiger partial charge in [-0.25, -0.2) is 4.79 Å². The Bertz CT molecular complexity index is 650. The monoisotopic (exact) mass is 363 g/mol. The maximum Gasteiger partial charge on any atom is 0.331 e. The molecule has 1 aromatic rings. The Labute approximate surface area is 155 Å². The number of ether oxygens (including phenoxy) is 3. The molecule has 0 spiro atoms. The number of esters is 1. The van der Waals surface area contributed by atoms with E-state index in [9.17, 15) is 9.59 Å². The summed E-state index contributed by atoms with van der Waals surface area (Å²) < 4.78 is 15.9. The van der Waals surface area contributed by atoms with Gasteiger partial charge >= 0.3 is 5.97 Å². The Hall–Kier alpha value is -2.50. The van der Waals surface area contributed by atoms with Gasteiger partial charge < -0.3 is 19.5 Å². The maximum absolute atomic E-state index is 11.8. The summed E-state index contributed by atoms with van der Waals surface area (Å²) in [6.07, 6.45) is 3.68. The molecular formula is C20H29NO5. The van der Waals surface area contributed by atoms with Gasteiger partial charge in [-0.05, 0) is 57.9 Å². The van der Waals surface area contributed by atoms with E-state index in [4.69, 9.17) is 14.2 Å². The number of hydrogen-bond acceptors (Lipinski definition) is 5. The van der Waals surface area contributed by atoms with Crippen molar-refractivity contribution in [1.82, 2.24) is 5.32 Å². The molecule has 0 bridgehead atoms. The van der Waals surface area contributed by atoms with Crippen LogP contribution in [0, 0.1) is 0 Å². The zero-order valence-electron chi connectivity index (χ0n) is 16.4. The highest BCUT2D eigenvalue weighted by molar-refractivity contribution is 5.89. The van der Waals surface area contributed by atoms with Crippen LogP contribution in [0.5, 0.6) is 11.5 Å². The van der Waals surface area contributed by atoms with Gasteiger partial charge in [0.25, 0.3) is 5.91 Å². The van der Waals surface area contributed by atoms with Crippen LogP contribution in [-0.4, -0.2) is 37.2 Å². The van der Waals surface area contributed by atoms with Crippen LogP contribution in [0.1, 0.15) is 46.6 Å². The smallest absolute Gasteiger partial charge is 0.331 e. The predicted molar refractivity (Wildman–Crippen MR) is 101 cm³/mol. The first-order chi connectivity index (χ1) is 12.2. The molecule has 6 nitrogen and oxygen atoms in total. The molecule has 1 amide bonds. The van der Waals surface area contributed by atoms with Crippen LogP contribution in [0.25, 0.3) is 6.08 Å². The third-order valence-electron chi connectivity index (χ3n) is 3.67. The highest BCUT2D eigenvalue weighted by Gasteiger charge is 2.18. The summed E-state index contributed by atoms with van der Waals surface area (Å²) in [5.41, 5.74) is 0.432. The molecule has 1 N–H and O–H groups in total. The number of hydrogen-bond donors (Lipinski definition) is 1. The lowest BCUT2D eigenvalue weighted by Gasteiger charge is -2.24. The van der Waals surface area contributed by atoms with Gasteiger partial charge in [0, 0.05) is 11.6 Å². The molecule has 1 aromatic carbocycles. The van der Waals surface area contributed by atoms with Gasteiger partial charge in [-0.15, -0.1) is 0 Å². The molecule has 144 valence electrons. The topological polar surface area (TPSA) is 73.9 Å². The van der Waals surface area contributed by atoms with E-state index in [1.165, 1.54) is 6.08 Å². The van der Waals surface area contributed by atoms with Crippen molar-refractivity contribution in [2.45, 2.75) is 52.7 Å². The highest BCUT2D eigenvalue weighted by atomic mass is 16.5. The molecule has 0 aromatic heterocycles. The van der Waals surface area contributed by atoms with E-state index in [0.717, 1.165) is 12.0 Å². The molecule has 0 saturated heterocycles. The number of rotatable bonds is 9. The number of nitrogens with one attached hydrogen (secondary N) is 1. The van der Waals surface area contributed by atoms with Crippen LogP contribution in [-0.2, 0) is 14.3 Å². The van der Waals surface area contributed by atoms with Crippen LogP contribution in [0.3, 0.4) is 0 Å². The Morgan fingerprint density at radius 3 is 2.50 bits per heavy atom. The molecule has 0 heterocycles. The summed E-state index contributed by atoms with van der Waals surface area (Å²) in [7, 11) is 1.56. The fourth-order valence-corrected chi connectivity index (χ4v) is 1.99. The Balaban J connectivity index is 2.61. The first-order valence-electron chi connectivity index (χ1n) is 8.67. The van der Waals surface area contributed by atoms with E-state index in [-0.39, 0.29) is 24.2 Å². The largest absolute Gasteiger partial charge is 0.493 e. The average molecular weight is 363 g/mol. The second-order valence-corrected chi connectivity index (χ2v) is 6.80. The van der Waals surface area contributed by atoms with Crippen molar-refractivity contribution in [2.24, 2.45) is 0 Å². The summed E-state index contributed by atoms with van der Waals surface area (Å²) in [5.74, 6) is 0.305. The highest BCUT2D eigenvalue weighted by Crippen LogP contribution is 2.29. The molecule has 26 heavy (non-hydrogen) atoms. The molecule has 0 saturated carbocycles. The molecule has 0 aliphatic rings. The van der Waals surface area contributed by atoms with Gasteiger partial charge in [0.05, 0.1) is 13.2 Å². The fraction of sp³-hybridized carbons (Fsp3) is 0.500. The van der Waals surface area contributed by atoms with Crippen molar-refractivity contribution in [3.8, 4) is 11.5 Å². The number of amides is 1. The third kappa shape index (κ3) is 7.59. The second-order valence-electron chi connectivity index (χ2n) is 6.80. The molecular weight excluding hydrogens is 334 g/mol. The van der Waals surface area contributed by atoms with E-state index < -0.39 is 5.97 Å². The van der Waals surface area contributed by atoms with E-state index >= 15 is 0 Å². The third-order valence-corrected chi connectivity index (χ3v) is 3.67. The van der Waals surface area contributed by atoms with Crippen LogP contribution >= 0.6 is 0 Å². The molecule has 1 rings (SSSR count). The van der Waals surface area contributed by atoms with Gasteiger partial charge in [0.1, 0.15) is 0 Å². The zero-order valence-corrected chi connectivity index (χ0v) is 16.4. The number of carbonyl (C=O) groups is 2. The molecule has 0 aliphatic heterocycles. The van der Waals surface area contributed by atoms with Gasteiger partial charge in [0.15, 0.2) is 18.1 Å². The number of carbonyl (C=O) groups excluding carboxylic acids is 2. The van der Waals surface area contributed by atoms with Crippen molar-refractivity contribution < 1.29 is 23.8 Å². The summed E-state index contributed by atoms with van der Waals surface area (Å²) >= 11 is 0. The molecule has 6 heteroatoms. The van der Waals surface area contributed by atoms with Crippen molar-refractivity contribution in [2.75, 3.05) is 13.7 Å². The SMILES string of the molecule is CCC(C)(C)NC(=O)COC(=O)/C=C/c1ccc(OC(C)C)c(OC)c1. The van der Waals surface area contributed by atoms with Gasteiger partial charge in [0.2, 0.25) is 0 Å². The van der Waals surface area contributed by atoms with Crippen LogP contribution < -0.4 is 14.8 Å². The Morgan fingerprint density at radius 2 is 1.92 bits per heavy atom. The van der Waals surface area contributed by atoms with Crippen molar-refractivity contribution >= 4 is 18.0 Å². The maximum atomic E-state index is 11.8. The zero-order chi connectivity index (χ0) is 19.7.